The Hall–Kier alpha value is -1.94. The minimum atomic E-state index is -4.96. The molecule has 0 aliphatic rings. The molecule has 0 aliphatic carbocycles. The van der Waals surface area contributed by atoms with E-state index in [0.717, 1.165) is 102 Å². The molecule has 0 spiro atoms. The summed E-state index contributed by atoms with van der Waals surface area (Å²) < 4.78 is 68.7. The summed E-state index contributed by atoms with van der Waals surface area (Å²) in [5, 5.41) is 10.6. The van der Waals surface area contributed by atoms with E-state index in [4.69, 9.17) is 37.0 Å². The molecule has 5 atom stereocenters. The Morgan fingerprint density at radius 1 is 0.262 bits per heavy atom. The second kappa shape index (κ2) is 76.8. The van der Waals surface area contributed by atoms with Gasteiger partial charge in [0.05, 0.1) is 26.4 Å². The topological polar surface area (TPSA) is 237 Å². The Bertz CT molecular complexity index is 1960. The van der Waals surface area contributed by atoms with E-state index >= 15 is 0 Å². The highest BCUT2D eigenvalue weighted by Gasteiger charge is 2.30. The van der Waals surface area contributed by atoms with Crippen molar-refractivity contribution in [1.82, 2.24) is 0 Å². The van der Waals surface area contributed by atoms with Gasteiger partial charge >= 0.3 is 39.5 Å². The fourth-order valence-electron chi connectivity index (χ4n) is 13.1. The van der Waals surface area contributed by atoms with Crippen molar-refractivity contribution in [2.75, 3.05) is 39.6 Å². The Labute approximate surface area is 632 Å². The van der Waals surface area contributed by atoms with Crippen LogP contribution in [0.3, 0.4) is 0 Å². The molecular weight excluding hydrogens is 1340 g/mol. The zero-order valence-electron chi connectivity index (χ0n) is 67.5. The zero-order chi connectivity index (χ0) is 75.5. The van der Waals surface area contributed by atoms with E-state index in [2.05, 4.69) is 34.6 Å². The molecule has 0 rings (SSSR count). The predicted octanol–water partition coefficient (Wildman–Crippen LogP) is 25.6. The third-order valence-corrected chi connectivity index (χ3v) is 21.7. The predicted molar refractivity (Wildman–Crippen MR) is 423 cm³/mol. The number of phosphoric ester groups is 2. The van der Waals surface area contributed by atoms with Crippen LogP contribution in [0.2, 0.25) is 0 Å². The van der Waals surface area contributed by atoms with E-state index in [1.165, 1.54) is 270 Å². The van der Waals surface area contributed by atoms with E-state index in [-0.39, 0.29) is 25.7 Å². The van der Waals surface area contributed by atoms with Gasteiger partial charge < -0.3 is 33.8 Å². The molecule has 3 N–H and O–H groups in total. The number of carbonyl (C=O) groups is 4. The number of aliphatic hydroxyl groups excluding tert-OH is 1. The molecule has 19 heteroatoms. The maximum absolute atomic E-state index is 13.1. The standard InChI is InChI=1S/C84H164O17P2/c1-6-9-12-15-18-21-23-25-27-29-31-33-34-36-38-40-42-44-49-54-59-64-69-83(88)101-80(74-95-82(87)68-63-58-53-48-43-41-39-37-35-32-30-28-26-24-22-19-16-13-10-7-2)76-99-103(92,93)97-72-78(85)71-96-102(90,91)98-75-79(73-94-81(86)67-62-57-52-20-17-14-11-8-3)100-84(89)70-65-60-55-50-46-45-47-51-56-61-66-77(4)5/h77-80,85H,6-76H2,1-5H3,(H,90,91)(H,92,93)/t78-,79+,80+/m0/s1. The molecule has 17 nitrogen and oxygen atoms in total. The van der Waals surface area contributed by atoms with Gasteiger partial charge in [0, 0.05) is 25.7 Å². The van der Waals surface area contributed by atoms with E-state index < -0.39 is 97.5 Å². The van der Waals surface area contributed by atoms with Gasteiger partial charge in [-0.1, -0.05) is 401 Å². The molecule has 0 fully saturated rings. The van der Waals surface area contributed by atoms with Crippen molar-refractivity contribution in [3.8, 4) is 0 Å². The SMILES string of the molecule is CCCCCCCCCCCCCCCCCCCCCCCCC(=O)O[C@H](COC(=O)CCCCCCCCCCCCCCCCCCCCCC)COP(=O)(O)OC[C@@H](O)COP(=O)(O)OC[C@@H](COC(=O)CCCCCCCCCC)OC(=O)CCCCCCCCCCCCC(C)C. The van der Waals surface area contributed by atoms with Crippen LogP contribution in [0.15, 0.2) is 0 Å². The molecule has 0 aliphatic heterocycles. The number of rotatable bonds is 84. The van der Waals surface area contributed by atoms with Gasteiger partial charge in [0.2, 0.25) is 0 Å². The number of hydrogen-bond acceptors (Lipinski definition) is 15. The molecule has 0 saturated carbocycles. The Morgan fingerprint density at radius 3 is 0.660 bits per heavy atom. The van der Waals surface area contributed by atoms with E-state index in [0.29, 0.717) is 25.7 Å². The van der Waals surface area contributed by atoms with E-state index in [1.54, 1.807) is 0 Å². The smallest absolute Gasteiger partial charge is 0.462 e. The van der Waals surface area contributed by atoms with Gasteiger partial charge in [0.15, 0.2) is 12.2 Å². The third-order valence-electron chi connectivity index (χ3n) is 19.8. The maximum atomic E-state index is 13.1. The number of hydrogen-bond donors (Lipinski definition) is 3. The van der Waals surface area contributed by atoms with Crippen LogP contribution in [0.25, 0.3) is 0 Å². The van der Waals surface area contributed by atoms with Gasteiger partial charge in [-0.05, 0) is 31.6 Å². The van der Waals surface area contributed by atoms with Crippen LogP contribution in [-0.2, 0) is 65.4 Å². The number of carbonyl (C=O) groups excluding carboxylic acids is 4. The van der Waals surface area contributed by atoms with Gasteiger partial charge in [-0.15, -0.1) is 0 Å². The van der Waals surface area contributed by atoms with Crippen molar-refractivity contribution in [2.45, 2.75) is 470 Å². The van der Waals surface area contributed by atoms with E-state index in [1.807, 2.05) is 0 Å². The summed E-state index contributed by atoms with van der Waals surface area (Å²) in [6.45, 7) is 7.30. The van der Waals surface area contributed by atoms with Crippen molar-refractivity contribution >= 4 is 39.5 Å². The van der Waals surface area contributed by atoms with Crippen molar-refractivity contribution < 1.29 is 80.2 Å². The summed E-state index contributed by atoms with van der Waals surface area (Å²) in [5.41, 5.74) is 0. The highest BCUT2D eigenvalue weighted by atomic mass is 31.2. The van der Waals surface area contributed by atoms with Crippen LogP contribution < -0.4 is 0 Å². The lowest BCUT2D eigenvalue weighted by atomic mass is 10.0. The van der Waals surface area contributed by atoms with Crippen LogP contribution in [0, 0.1) is 5.92 Å². The second-order valence-corrected chi connectivity index (χ2v) is 33.6. The van der Waals surface area contributed by atoms with Gasteiger partial charge in [-0.3, -0.25) is 37.3 Å². The molecule has 2 unspecified atom stereocenters. The van der Waals surface area contributed by atoms with Crippen LogP contribution >= 0.6 is 15.6 Å². The van der Waals surface area contributed by atoms with Gasteiger partial charge in [-0.25, -0.2) is 9.13 Å². The average Bonchev–Trinajstić information content (AvgIpc) is 0.920. The Balaban J connectivity index is 5.17. The number of phosphoric acid groups is 2. The Kier molecular flexibility index (Phi) is 75.4. The highest BCUT2D eigenvalue weighted by molar-refractivity contribution is 7.47. The minimum absolute atomic E-state index is 0.106. The lowest BCUT2D eigenvalue weighted by Gasteiger charge is -2.21. The summed E-state index contributed by atoms with van der Waals surface area (Å²) in [4.78, 5) is 73.0. The molecule has 0 heterocycles. The van der Waals surface area contributed by atoms with Gasteiger partial charge in [0.25, 0.3) is 0 Å². The summed E-state index contributed by atoms with van der Waals surface area (Å²) in [6, 6.07) is 0. The number of ether oxygens (including phenoxy) is 4. The zero-order valence-corrected chi connectivity index (χ0v) is 69.3. The number of unbranched alkanes of at least 4 members (excludes halogenated alkanes) is 56. The molecule has 0 aromatic rings. The first kappa shape index (κ1) is 101. The van der Waals surface area contributed by atoms with Crippen molar-refractivity contribution in [3.63, 3.8) is 0 Å². The maximum Gasteiger partial charge on any atom is 0.472 e. The first-order valence-corrected chi connectivity index (χ1v) is 46.6. The summed E-state index contributed by atoms with van der Waals surface area (Å²) in [6.07, 6.45) is 69.7. The molecule has 0 saturated heterocycles. The Morgan fingerprint density at radius 2 is 0.447 bits per heavy atom. The highest BCUT2D eigenvalue weighted by Crippen LogP contribution is 2.45. The molecule has 103 heavy (non-hydrogen) atoms. The lowest BCUT2D eigenvalue weighted by molar-refractivity contribution is -0.161. The summed E-state index contributed by atoms with van der Waals surface area (Å²) in [5.74, 6) is -1.36. The van der Waals surface area contributed by atoms with Crippen molar-refractivity contribution in [2.24, 2.45) is 5.92 Å². The monoisotopic (exact) mass is 1510 g/mol. The average molecular weight is 1510 g/mol. The third kappa shape index (κ3) is 78.0. The second-order valence-electron chi connectivity index (χ2n) is 30.7. The summed E-state index contributed by atoms with van der Waals surface area (Å²) in [7, 11) is -9.92. The van der Waals surface area contributed by atoms with Gasteiger partial charge in [-0.2, -0.15) is 0 Å². The number of aliphatic hydroxyl groups is 1. The van der Waals surface area contributed by atoms with Crippen LogP contribution in [-0.4, -0.2) is 96.7 Å². The molecule has 0 aromatic carbocycles. The largest absolute Gasteiger partial charge is 0.472 e. The van der Waals surface area contributed by atoms with Crippen LogP contribution in [0.4, 0.5) is 0 Å². The first-order valence-electron chi connectivity index (χ1n) is 43.6. The first-order chi connectivity index (χ1) is 50.0. The van der Waals surface area contributed by atoms with E-state index in [9.17, 15) is 43.2 Å². The van der Waals surface area contributed by atoms with Crippen molar-refractivity contribution in [3.05, 3.63) is 0 Å². The van der Waals surface area contributed by atoms with Gasteiger partial charge in [0.1, 0.15) is 19.3 Å². The lowest BCUT2D eigenvalue weighted by Crippen LogP contribution is -2.30. The molecule has 0 aromatic heterocycles. The van der Waals surface area contributed by atoms with Crippen LogP contribution in [0.1, 0.15) is 452 Å². The number of esters is 4. The van der Waals surface area contributed by atoms with Crippen LogP contribution in [0.5, 0.6) is 0 Å². The fourth-order valence-corrected chi connectivity index (χ4v) is 14.7. The normalized spacial score (nSPS) is 13.8. The van der Waals surface area contributed by atoms with Crippen molar-refractivity contribution in [1.29, 1.82) is 0 Å². The molecule has 0 radical (unpaired) electrons. The molecule has 0 amide bonds. The summed E-state index contributed by atoms with van der Waals surface area (Å²) >= 11 is 0. The molecular formula is C84H164O17P2. The molecule has 612 valence electrons. The minimum Gasteiger partial charge on any atom is -0.462 e. The quantitative estimate of drug-likeness (QED) is 0.0222. The molecule has 0 bridgehead atoms. The fraction of sp³-hybridized carbons (Fsp3) is 0.952.